The molecule has 0 amide bonds. The molecule has 15 nitrogen and oxygen atoms in total. The molecule has 3 heterocycles. The lowest BCUT2D eigenvalue weighted by molar-refractivity contribution is -0.155. The topological polar surface area (TPSA) is 217 Å². The fraction of sp³-hybridized carbons (Fsp3) is 0.630. The molecule has 4 rings (SSSR count). The van der Waals surface area contributed by atoms with E-state index in [9.17, 15) is 44.7 Å². The van der Waals surface area contributed by atoms with E-state index < -0.39 is 68.8 Å². The van der Waals surface area contributed by atoms with Crippen LogP contribution in [0.1, 0.15) is 6.42 Å². The molecular formula is C27H39N3O12. The average Bonchev–Trinajstić information content (AvgIpc) is 3.83. The molecule has 3 fully saturated rings. The first kappa shape index (κ1) is 33.2. The summed E-state index contributed by atoms with van der Waals surface area (Å²) in [6, 6.07) is 0. The number of esters is 1. The molecule has 0 aromatic carbocycles. The Bertz CT molecular complexity index is 1110. The van der Waals surface area contributed by atoms with Crippen LogP contribution in [0.15, 0.2) is 35.3 Å². The molecule has 0 aromatic rings. The number of nitrogens with zero attached hydrogens (tertiary/aromatic N) is 3. The first-order valence-electron chi connectivity index (χ1n) is 13.5. The Hall–Kier alpha value is -3.34. The molecule has 234 valence electrons. The molecule has 0 aromatic heterocycles. The highest BCUT2D eigenvalue weighted by Crippen LogP contribution is 2.34. The molecule has 0 radical (unpaired) electrons. The number of ketones is 2. The van der Waals surface area contributed by atoms with Gasteiger partial charge in [0, 0.05) is 50.9 Å². The molecule has 3 aliphatic heterocycles. The molecule has 0 atom stereocenters. The summed E-state index contributed by atoms with van der Waals surface area (Å²) in [5, 5.41) is 55.2. The lowest BCUT2D eigenvalue weighted by atomic mass is 9.90. The Morgan fingerprint density at radius 2 is 1.24 bits per heavy atom. The Balaban J connectivity index is 0.000000243. The zero-order chi connectivity index (χ0) is 31.1. The predicted octanol–water partition coefficient (Wildman–Crippen LogP) is -3.31. The van der Waals surface area contributed by atoms with Gasteiger partial charge in [0.1, 0.15) is 18.0 Å². The molecule has 1 aliphatic carbocycles. The number of aliphatic hydroxyl groups is 5. The van der Waals surface area contributed by atoms with E-state index in [2.05, 4.69) is 6.58 Å². The zero-order valence-corrected chi connectivity index (χ0v) is 23.4. The summed E-state index contributed by atoms with van der Waals surface area (Å²) in [7, 11) is 0. The van der Waals surface area contributed by atoms with E-state index in [1.165, 1.54) is 6.08 Å². The van der Waals surface area contributed by atoms with Crippen molar-refractivity contribution in [1.82, 2.24) is 14.7 Å². The van der Waals surface area contributed by atoms with Gasteiger partial charge in [-0.1, -0.05) is 6.58 Å². The van der Waals surface area contributed by atoms with Gasteiger partial charge in [0.05, 0.1) is 69.2 Å². The lowest BCUT2D eigenvalue weighted by Crippen LogP contribution is -2.44. The molecule has 0 spiro atoms. The standard InChI is InChI=1S/C15H26O10.C12H13N3O2/c1-11(13(22)23)2-12(21)25-10-15(6-19,7-20)9-24-8-14(3-16,4-17)5-18;16-9-7-8(13-1-2-13)12(17)11(15-5-6-15)10(9)14-3-4-14/h16-20H,1-10H2,(H,22,23);7H,1-6H2. The van der Waals surface area contributed by atoms with E-state index in [-0.39, 0.29) is 30.4 Å². The second-order valence-corrected chi connectivity index (χ2v) is 10.9. The van der Waals surface area contributed by atoms with Gasteiger partial charge in [-0.25, -0.2) is 4.79 Å². The zero-order valence-electron chi connectivity index (χ0n) is 23.4. The summed E-state index contributed by atoms with van der Waals surface area (Å²) in [5.41, 5.74) is -1.13. The van der Waals surface area contributed by atoms with Crippen LogP contribution in [-0.4, -0.2) is 161 Å². The summed E-state index contributed by atoms with van der Waals surface area (Å²) < 4.78 is 10.1. The van der Waals surface area contributed by atoms with Crippen molar-refractivity contribution in [1.29, 1.82) is 0 Å². The highest BCUT2D eigenvalue weighted by atomic mass is 16.5. The van der Waals surface area contributed by atoms with Crippen LogP contribution in [0, 0.1) is 10.8 Å². The van der Waals surface area contributed by atoms with Crippen molar-refractivity contribution in [2.24, 2.45) is 10.8 Å². The number of rotatable bonds is 17. The van der Waals surface area contributed by atoms with Crippen molar-refractivity contribution in [3.63, 3.8) is 0 Å². The fourth-order valence-electron chi connectivity index (χ4n) is 3.86. The van der Waals surface area contributed by atoms with Crippen LogP contribution in [0.2, 0.25) is 0 Å². The van der Waals surface area contributed by atoms with Gasteiger partial charge in [0.25, 0.3) is 0 Å². The second kappa shape index (κ2) is 14.2. The van der Waals surface area contributed by atoms with Crippen molar-refractivity contribution in [2.45, 2.75) is 6.42 Å². The molecular weight excluding hydrogens is 558 g/mol. The van der Waals surface area contributed by atoms with E-state index in [0.29, 0.717) is 17.1 Å². The number of carboxylic acid groups (broad SMARTS) is 1. The summed E-state index contributed by atoms with van der Waals surface area (Å²) in [5.74, 6) is -2.19. The number of hydrogen-bond acceptors (Lipinski definition) is 14. The number of hydrogen-bond donors (Lipinski definition) is 6. The highest BCUT2D eigenvalue weighted by Gasteiger charge is 2.43. The first-order valence-corrected chi connectivity index (χ1v) is 13.5. The van der Waals surface area contributed by atoms with Gasteiger partial charge in [-0.3, -0.25) is 14.4 Å². The quantitative estimate of drug-likeness (QED) is 0.0419. The van der Waals surface area contributed by atoms with Crippen LogP contribution < -0.4 is 0 Å². The monoisotopic (exact) mass is 597 g/mol. The molecule has 0 unspecified atom stereocenters. The van der Waals surface area contributed by atoms with E-state index in [1.807, 2.05) is 14.7 Å². The minimum absolute atomic E-state index is 0.00546. The maximum atomic E-state index is 12.4. The third-order valence-corrected chi connectivity index (χ3v) is 7.18. The van der Waals surface area contributed by atoms with Crippen LogP contribution in [0.25, 0.3) is 0 Å². The molecule has 6 N–H and O–H groups in total. The molecule has 15 heteroatoms. The maximum absolute atomic E-state index is 12.4. The van der Waals surface area contributed by atoms with Gasteiger partial charge in [0.15, 0.2) is 0 Å². The minimum atomic E-state index is -1.37. The molecule has 0 saturated carbocycles. The Morgan fingerprint density at radius 3 is 1.69 bits per heavy atom. The summed E-state index contributed by atoms with van der Waals surface area (Å²) in [6.45, 7) is 4.74. The number of Topliss-reactive ketones (excluding diaryl/α,β-unsaturated/α-hetero) is 1. The Morgan fingerprint density at radius 1 is 0.762 bits per heavy atom. The number of ether oxygens (including phenoxy) is 2. The van der Waals surface area contributed by atoms with E-state index in [0.717, 1.165) is 39.3 Å². The van der Waals surface area contributed by atoms with Gasteiger partial charge in [-0.2, -0.15) is 0 Å². The first-order chi connectivity index (χ1) is 20.0. The van der Waals surface area contributed by atoms with Crippen molar-refractivity contribution in [3.05, 3.63) is 35.3 Å². The SMILES string of the molecule is C=C(CC(=O)OCC(CO)(CO)COCC(CO)(CO)CO)C(=O)O.O=C1C=C(N2CC2)C(=O)C(N2CC2)=C1N1CC1. The van der Waals surface area contributed by atoms with Crippen LogP contribution in [0.4, 0.5) is 0 Å². The third kappa shape index (κ3) is 8.36. The van der Waals surface area contributed by atoms with Gasteiger partial charge in [-0.05, 0) is 0 Å². The van der Waals surface area contributed by atoms with Crippen LogP contribution in [-0.2, 0) is 28.7 Å². The molecule has 42 heavy (non-hydrogen) atoms. The number of allylic oxidation sites excluding steroid dienone is 1. The summed E-state index contributed by atoms with van der Waals surface area (Å²) >= 11 is 0. The maximum Gasteiger partial charge on any atom is 0.331 e. The number of carbonyl (C=O) groups excluding carboxylic acids is 3. The lowest BCUT2D eigenvalue weighted by Gasteiger charge is -2.32. The summed E-state index contributed by atoms with van der Waals surface area (Å²) in [6.07, 6.45) is 0.974. The van der Waals surface area contributed by atoms with Crippen molar-refractivity contribution in [2.75, 3.05) is 92.1 Å². The fourth-order valence-corrected chi connectivity index (χ4v) is 3.86. The van der Waals surface area contributed by atoms with E-state index in [4.69, 9.17) is 14.6 Å². The van der Waals surface area contributed by atoms with Crippen molar-refractivity contribution >= 4 is 23.5 Å². The van der Waals surface area contributed by atoms with Crippen molar-refractivity contribution < 1.29 is 59.3 Å². The Labute approximate surface area is 242 Å². The van der Waals surface area contributed by atoms with E-state index >= 15 is 0 Å². The number of carboxylic acids is 1. The van der Waals surface area contributed by atoms with Gasteiger partial charge in [0.2, 0.25) is 11.6 Å². The third-order valence-electron chi connectivity index (χ3n) is 7.18. The second-order valence-electron chi connectivity index (χ2n) is 10.9. The van der Waals surface area contributed by atoms with Crippen LogP contribution >= 0.6 is 0 Å². The molecule has 3 saturated heterocycles. The molecule has 4 aliphatic rings. The molecule has 0 bridgehead atoms. The normalized spacial score (nSPS) is 17.9. The number of carbonyl (C=O) groups is 4. The van der Waals surface area contributed by atoms with Gasteiger partial charge < -0.3 is 54.8 Å². The number of aliphatic carboxylic acids is 1. The van der Waals surface area contributed by atoms with Crippen molar-refractivity contribution in [3.8, 4) is 0 Å². The van der Waals surface area contributed by atoms with Gasteiger partial charge >= 0.3 is 11.9 Å². The predicted molar refractivity (Wildman–Crippen MR) is 143 cm³/mol. The number of aliphatic hydroxyl groups excluding tert-OH is 5. The minimum Gasteiger partial charge on any atom is -0.478 e. The van der Waals surface area contributed by atoms with E-state index in [1.54, 1.807) is 0 Å². The van der Waals surface area contributed by atoms with Crippen LogP contribution in [0.3, 0.4) is 0 Å². The summed E-state index contributed by atoms with van der Waals surface area (Å²) in [4.78, 5) is 52.6. The van der Waals surface area contributed by atoms with Gasteiger partial charge in [-0.15, -0.1) is 0 Å². The Kier molecular flexibility index (Phi) is 11.2. The largest absolute Gasteiger partial charge is 0.478 e. The highest BCUT2D eigenvalue weighted by molar-refractivity contribution is 6.22. The van der Waals surface area contributed by atoms with Crippen LogP contribution in [0.5, 0.6) is 0 Å². The average molecular weight is 598 g/mol. The smallest absolute Gasteiger partial charge is 0.331 e.